The van der Waals surface area contributed by atoms with E-state index in [0.29, 0.717) is 6.04 Å². The molecule has 0 saturated heterocycles. The fourth-order valence-electron chi connectivity index (χ4n) is 1.52. The molecule has 5 heteroatoms. The van der Waals surface area contributed by atoms with E-state index < -0.39 is 0 Å². The summed E-state index contributed by atoms with van der Waals surface area (Å²) in [5.74, 6) is 0.988. The van der Waals surface area contributed by atoms with E-state index in [0.717, 1.165) is 23.5 Å². The molecule has 1 rings (SSSR count). The van der Waals surface area contributed by atoms with Crippen LogP contribution < -0.4 is 5.32 Å². The van der Waals surface area contributed by atoms with Crippen LogP contribution in [0.4, 0.5) is 5.69 Å². The van der Waals surface area contributed by atoms with Crippen LogP contribution in [0.25, 0.3) is 0 Å². The van der Waals surface area contributed by atoms with Gasteiger partial charge in [0.15, 0.2) is 0 Å². The van der Waals surface area contributed by atoms with Gasteiger partial charge in [-0.3, -0.25) is 10.1 Å². The second-order valence-electron chi connectivity index (χ2n) is 3.84. The lowest BCUT2D eigenvalue weighted by Crippen LogP contribution is -2.27. The van der Waals surface area contributed by atoms with E-state index in [-0.39, 0.29) is 10.6 Å². The number of non-ortho nitro benzene ring substituents is 1. The molecule has 1 aromatic carbocycles. The molecule has 4 nitrogen and oxygen atoms in total. The van der Waals surface area contributed by atoms with Crippen LogP contribution in [0.15, 0.2) is 29.2 Å². The first-order valence-electron chi connectivity index (χ1n) is 5.72. The Hall–Kier alpha value is -1.07. The molecule has 1 unspecified atom stereocenters. The Morgan fingerprint density at radius 2 is 2.06 bits per heavy atom. The predicted octanol–water partition coefficient (Wildman–Crippen LogP) is 3.08. The van der Waals surface area contributed by atoms with Crippen LogP contribution in [0.1, 0.15) is 19.8 Å². The molecular weight excluding hydrogens is 236 g/mol. The number of nitro benzene ring substituents is 1. The highest BCUT2D eigenvalue weighted by atomic mass is 32.2. The van der Waals surface area contributed by atoms with Crippen LogP contribution in [0.3, 0.4) is 0 Å². The van der Waals surface area contributed by atoms with E-state index in [9.17, 15) is 10.1 Å². The van der Waals surface area contributed by atoms with Gasteiger partial charge in [-0.05, 0) is 25.6 Å². The molecule has 0 bridgehead atoms. The van der Waals surface area contributed by atoms with Gasteiger partial charge in [0.25, 0.3) is 5.69 Å². The lowest BCUT2D eigenvalue weighted by atomic mass is 10.2. The van der Waals surface area contributed by atoms with Crippen molar-refractivity contribution in [2.75, 3.05) is 12.8 Å². The van der Waals surface area contributed by atoms with Gasteiger partial charge in [-0.2, -0.15) is 0 Å². The Morgan fingerprint density at radius 1 is 1.41 bits per heavy atom. The smallest absolute Gasteiger partial charge is 0.269 e. The van der Waals surface area contributed by atoms with Gasteiger partial charge in [-0.15, -0.1) is 11.8 Å². The molecule has 17 heavy (non-hydrogen) atoms. The third kappa shape index (κ3) is 4.75. The maximum atomic E-state index is 10.5. The van der Waals surface area contributed by atoms with Gasteiger partial charge in [-0.25, -0.2) is 0 Å². The van der Waals surface area contributed by atoms with E-state index in [1.165, 1.54) is 0 Å². The van der Waals surface area contributed by atoms with Crippen molar-refractivity contribution in [1.82, 2.24) is 5.32 Å². The molecule has 1 atom stereocenters. The van der Waals surface area contributed by atoms with Crippen LogP contribution in [-0.4, -0.2) is 23.8 Å². The lowest BCUT2D eigenvalue weighted by Gasteiger charge is -2.14. The molecule has 0 saturated carbocycles. The molecule has 1 N–H and O–H groups in total. The Kier molecular flexibility index (Phi) is 6.00. The highest BCUT2D eigenvalue weighted by Crippen LogP contribution is 2.22. The molecule has 0 aliphatic rings. The fourth-order valence-corrected chi connectivity index (χ4v) is 2.58. The molecule has 0 radical (unpaired) electrons. The molecular formula is C12H18N2O2S. The number of hydrogen-bond acceptors (Lipinski definition) is 4. The first kappa shape index (κ1) is 14.0. The minimum absolute atomic E-state index is 0.146. The van der Waals surface area contributed by atoms with Gasteiger partial charge in [-0.1, -0.05) is 13.3 Å². The van der Waals surface area contributed by atoms with Gasteiger partial charge >= 0.3 is 0 Å². The zero-order valence-electron chi connectivity index (χ0n) is 10.2. The second-order valence-corrected chi connectivity index (χ2v) is 4.93. The first-order valence-corrected chi connectivity index (χ1v) is 6.70. The van der Waals surface area contributed by atoms with Gasteiger partial charge < -0.3 is 5.32 Å². The third-order valence-corrected chi connectivity index (χ3v) is 3.72. The van der Waals surface area contributed by atoms with Crippen molar-refractivity contribution in [3.63, 3.8) is 0 Å². The molecule has 1 aromatic rings. The van der Waals surface area contributed by atoms with Crippen molar-refractivity contribution in [2.45, 2.75) is 30.7 Å². The lowest BCUT2D eigenvalue weighted by molar-refractivity contribution is -0.384. The standard InChI is InChI=1S/C12H18N2O2S/c1-3-4-10(13-2)9-17-12-7-5-11(6-8-12)14(15)16/h5-8,10,13H,3-4,9H2,1-2H3. The van der Waals surface area contributed by atoms with E-state index in [1.807, 2.05) is 19.2 Å². The molecule has 0 aromatic heterocycles. The Bertz CT molecular complexity index is 354. The van der Waals surface area contributed by atoms with Crippen LogP contribution >= 0.6 is 11.8 Å². The van der Waals surface area contributed by atoms with E-state index in [4.69, 9.17) is 0 Å². The summed E-state index contributed by atoms with van der Waals surface area (Å²) in [5, 5.41) is 13.8. The number of benzene rings is 1. The Labute approximate surface area is 106 Å². The summed E-state index contributed by atoms with van der Waals surface area (Å²) in [7, 11) is 1.97. The topological polar surface area (TPSA) is 55.2 Å². The van der Waals surface area contributed by atoms with Crippen molar-refractivity contribution in [3.8, 4) is 0 Å². The van der Waals surface area contributed by atoms with Gasteiger partial charge in [0.1, 0.15) is 0 Å². The average Bonchev–Trinajstić information content (AvgIpc) is 2.35. The number of rotatable bonds is 7. The largest absolute Gasteiger partial charge is 0.316 e. The number of hydrogen-bond donors (Lipinski definition) is 1. The molecule has 0 amide bonds. The SMILES string of the molecule is CCCC(CSc1ccc([N+](=O)[O-])cc1)NC. The van der Waals surface area contributed by atoms with Gasteiger partial charge in [0.05, 0.1) is 4.92 Å². The van der Waals surface area contributed by atoms with Gasteiger partial charge in [0, 0.05) is 28.8 Å². The van der Waals surface area contributed by atoms with E-state index in [1.54, 1.807) is 23.9 Å². The molecule has 0 heterocycles. The fraction of sp³-hybridized carbons (Fsp3) is 0.500. The summed E-state index contributed by atoms with van der Waals surface area (Å²) in [6, 6.07) is 7.22. The summed E-state index contributed by atoms with van der Waals surface area (Å²) in [6.07, 6.45) is 2.31. The summed E-state index contributed by atoms with van der Waals surface area (Å²) < 4.78 is 0. The monoisotopic (exact) mass is 254 g/mol. The van der Waals surface area contributed by atoms with Crippen LogP contribution in [0.2, 0.25) is 0 Å². The number of thioether (sulfide) groups is 1. The number of nitro groups is 1. The Balaban J connectivity index is 2.48. The van der Waals surface area contributed by atoms with Crippen LogP contribution in [-0.2, 0) is 0 Å². The minimum Gasteiger partial charge on any atom is -0.316 e. The number of nitrogens with zero attached hydrogens (tertiary/aromatic N) is 1. The summed E-state index contributed by atoms with van der Waals surface area (Å²) in [5.41, 5.74) is 0.146. The van der Waals surface area contributed by atoms with Crippen molar-refractivity contribution in [2.24, 2.45) is 0 Å². The van der Waals surface area contributed by atoms with E-state index in [2.05, 4.69) is 12.2 Å². The van der Waals surface area contributed by atoms with Crippen molar-refractivity contribution in [3.05, 3.63) is 34.4 Å². The third-order valence-electron chi connectivity index (χ3n) is 2.54. The Morgan fingerprint density at radius 3 is 2.53 bits per heavy atom. The predicted molar refractivity (Wildman–Crippen MR) is 71.6 cm³/mol. The van der Waals surface area contributed by atoms with Crippen molar-refractivity contribution < 1.29 is 4.92 Å². The average molecular weight is 254 g/mol. The molecule has 0 fully saturated rings. The quantitative estimate of drug-likeness (QED) is 0.461. The van der Waals surface area contributed by atoms with Crippen molar-refractivity contribution in [1.29, 1.82) is 0 Å². The first-order chi connectivity index (χ1) is 8.17. The molecule has 94 valence electrons. The maximum Gasteiger partial charge on any atom is 0.269 e. The molecule has 0 aliphatic carbocycles. The molecule has 0 aliphatic heterocycles. The molecule has 0 spiro atoms. The van der Waals surface area contributed by atoms with Crippen LogP contribution in [0.5, 0.6) is 0 Å². The number of nitrogens with one attached hydrogen (secondary N) is 1. The minimum atomic E-state index is -0.373. The normalized spacial score (nSPS) is 12.4. The summed E-state index contributed by atoms with van der Waals surface area (Å²) >= 11 is 1.73. The summed E-state index contributed by atoms with van der Waals surface area (Å²) in [4.78, 5) is 11.2. The van der Waals surface area contributed by atoms with Crippen molar-refractivity contribution >= 4 is 17.4 Å². The zero-order valence-corrected chi connectivity index (χ0v) is 11.0. The maximum absolute atomic E-state index is 10.5. The second kappa shape index (κ2) is 7.29. The zero-order chi connectivity index (χ0) is 12.7. The van der Waals surface area contributed by atoms with E-state index >= 15 is 0 Å². The van der Waals surface area contributed by atoms with Gasteiger partial charge in [0.2, 0.25) is 0 Å². The highest BCUT2D eigenvalue weighted by Gasteiger charge is 2.07. The summed E-state index contributed by atoms with van der Waals surface area (Å²) in [6.45, 7) is 2.17. The highest BCUT2D eigenvalue weighted by molar-refractivity contribution is 7.99. The van der Waals surface area contributed by atoms with Crippen LogP contribution in [0, 0.1) is 10.1 Å².